The van der Waals surface area contributed by atoms with Gasteiger partial charge in [-0.25, -0.2) is 0 Å². The summed E-state index contributed by atoms with van der Waals surface area (Å²) in [6, 6.07) is 0.0745. The van der Waals surface area contributed by atoms with Gasteiger partial charge in [-0.1, -0.05) is 5.57 Å². The molecule has 0 aliphatic rings. The smallest absolute Gasteiger partial charge is 0.0337 e. The first-order valence-corrected chi connectivity index (χ1v) is 6.24. The maximum absolute atomic E-state index is 6.32. The lowest BCUT2D eigenvalue weighted by molar-refractivity contribution is 0.703. The third-order valence-electron chi connectivity index (χ3n) is 4.00. The molecule has 1 aromatic rings. The zero-order chi connectivity index (χ0) is 13.3. The Morgan fingerprint density at radius 2 is 1.29 bits per heavy atom. The predicted octanol–water partition coefficient (Wildman–Crippen LogP) is 4.19. The Morgan fingerprint density at radius 1 is 0.941 bits per heavy atom. The van der Waals surface area contributed by atoms with Crippen molar-refractivity contribution in [3.8, 4) is 0 Å². The molecule has 0 bridgehead atoms. The van der Waals surface area contributed by atoms with Crippen LogP contribution in [0.5, 0.6) is 0 Å². The molecule has 0 unspecified atom stereocenters. The monoisotopic (exact) mass is 231 g/mol. The second kappa shape index (κ2) is 5.05. The molecule has 17 heavy (non-hydrogen) atoms. The first-order chi connectivity index (χ1) is 7.77. The normalized spacial score (nSPS) is 12.6. The Labute approximate surface area is 106 Å². The van der Waals surface area contributed by atoms with E-state index >= 15 is 0 Å². The molecule has 1 atom stereocenters. The van der Waals surface area contributed by atoms with Crippen molar-refractivity contribution in [2.75, 3.05) is 0 Å². The molecule has 2 N–H and O–H groups in total. The summed E-state index contributed by atoms with van der Waals surface area (Å²) in [4.78, 5) is 0. The van der Waals surface area contributed by atoms with Crippen LogP contribution < -0.4 is 5.73 Å². The molecule has 1 heteroatoms. The molecule has 94 valence electrons. The van der Waals surface area contributed by atoms with Gasteiger partial charge in [0.1, 0.15) is 0 Å². The minimum atomic E-state index is 0.0745. The summed E-state index contributed by atoms with van der Waals surface area (Å²) in [5.74, 6) is 0. The van der Waals surface area contributed by atoms with Gasteiger partial charge in [0, 0.05) is 6.04 Å². The van der Waals surface area contributed by atoms with Gasteiger partial charge in [0.25, 0.3) is 0 Å². The highest BCUT2D eigenvalue weighted by molar-refractivity contribution is 5.50. The second-order valence-electron chi connectivity index (χ2n) is 5.31. The van der Waals surface area contributed by atoms with E-state index in [1.54, 1.807) is 0 Å². The first kappa shape index (κ1) is 14.0. The summed E-state index contributed by atoms with van der Waals surface area (Å²) in [7, 11) is 0. The van der Waals surface area contributed by atoms with Crippen LogP contribution in [0.2, 0.25) is 0 Å². The molecule has 0 radical (unpaired) electrons. The molecular weight excluding hydrogens is 206 g/mol. The van der Waals surface area contributed by atoms with Crippen molar-refractivity contribution in [3.63, 3.8) is 0 Å². The van der Waals surface area contributed by atoms with E-state index in [4.69, 9.17) is 5.73 Å². The van der Waals surface area contributed by atoms with Crippen LogP contribution in [0.25, 0.3) is 0 Å². The Morgan fingerprint density at radius 3 is 1.65 bits per heavy atom. The molecular formula is C16H25N. The molecule has 1 rings (SSSR count). The molecule has 0 fully saturated rings. The molecule has 0 saturated heterocycles. The summed E-state index contributed by atoms with van der Waals surface area (Å²) in [6.45, 7) is 16.9. The van der Waals surface area contributed by atoms with Crippen molar-refractivity contribution in [1.29, 1.82) is 0 Å². The second-order valence-corrected chi connectivity index (χ2v) is 5.31. The molecule has 0 aliphatic heterocycles. The van der Waals surface area contributed by atoms with E-state index in [0.717, 1.165) is 12.0 Å². The van der Waals surface area contributed by atoms with Crippen molar-refractivity contribution in [2.45, 2.75) is 54.0 Å². The van der Waals surface area contributed by atoms with Gasteiger partial charge in [0.15, 0.2) is 0 Å². The summed E-state index contributed by atoms with van der Waals surface area (Å²) >= 11 is 0. The van der Waals surface area contributed by atoms with Crippen LogP contribution in [0, 0.1) is 34.6 Å². The van der Waals surface area contributed by atoms with Gasteiger partial charge >= 0.3 is 0 Å². The SMILES string of the molecule is C=C(C)C[C@@H](N)c1c(C)c(C)c(C)c(C)c1C. The lowest BCUT2D eigenvalue weighted by Crippen LogP contribution is -2.16. The predicted molar refractivity (Wildman–Crippen MR) is 76.5 cm³/mol. The van der Waals surface area contributed by atoms with Gasteiger partial charge in [-0.3, -0.25) is 0 Å². The molecule has 0 aliphatic carbocycles. The van der Waals surface area contributed by atoms with Gasteiger partial charge in [-0.15, -0.1) is 6.58 Å². The lowest BCUT2D eigenvalue weighted by atomic mass is 9.85. The summed E-state index contributed by atoms with van der Waals surface area (Å²) in [5, 5.41) is 0. The van der Waals surface area contributed by atoms with Gasteiger partial charge in [-0.2, -0.15) is 0 Å². The van der Waals surface area contributed by atoms with Crippen molar-refractivity contribution < 1.29 is 0 Å². The summed E-state index contributed by atoms with van der Waals surface area (Å²) < 4.78 is 0. The topological polar surface area (TPSA) is 26.0 Å². The number of nitrogens with two attached hydrogens (primary N) is 1. The number of hydrogen-bond acceptors (Lipinski definition) is 1. The Balaban J connectivity index is 3.38. The highest BCUT2D eigenvalue weighted by Gasteiger charge is 2.17. The lowest BCUT2D eigenvalue weighted by Gasteiger charge is -2.23. The van der Waals surface area contributed by atoms with Crippen LogP contribution in [-0.4, -0.2) is 0 Å². The van der Waals surface area contributed by atoms with Crippen molar-refractivity contribution >= 4 is 0 Å². The van der Waals surface area contributed by atoms with Crippen LogP contribution >= 0.6 is 0 Å². The van der Waals surface area contributed by atoms with E-state index in [2.05, 4.69) is 41.2 Å². The van der Waals surface area contributed by atoms with E-state index in [9.17, 15) is 0 Å². The minimum Gasteiger partial charge on any atom is -0.324 e. The van der Waals surface area contributed by atoms with E-state index in [1.165, 1.54) is 33.4 Å². The standard InChI is InChI=1S/C16H25N/c1-9(2)8-15(17)16-13(6)11(4)10(3)12(5)14(16)7/h15H,1,8,17H2,2-7H3/t15-/m1/s1. The van der Waals surface area contributed by atoms with Crippen molar-refractivity contribution in [3.05, 3.63) is 45.5 Å². The maximum atomic E-state index is 6.32. The molecule has 0 saturated carbocycles. The van der Waals surface area contributed by atoms with Crippen LogP contribution in [-0.2, 0) is 0 Å². The summed E-state index contributed by atoms with van der Waals surface area (Å²) in [5.41, 5.74) is 15.6. The van der Waals surface area contributed by atoms with Crippen molar-refractivity contribution in [1.82, 2.24) is 0 Å². The Bertz CT molecular complexity index is 426. The fourth-order valence-electron chi connectivity index (χ4n) is 2.56. The van der Waals surface area contributed by atoms with Crippen LogP contribution in [0.3, 0.4) is 0 Å². The van der Waals surface area contributed by atoms with Crippen molar-refractivity contribution in [2.24, 2.45) is 5.73 Å². The average Bonchev–Trinajstić information content (AvgIpc) is 2.23. The summed E-state index contributed by atoms with van der Waals surface area (Å²) in [6.07, 6.45) is 0.865. The molecule has 0 spiro atoms. The Hall–Kier alpha value is -1.08. The van der Waals surface area contributed by atoms with Crippen LogP contribution in [0.1, 0.15) is 52.8 Å². The van der Waals surface area contributed by atoms with E-state index < -0.39 is 0 Å². The van der Waals surface area contributed by atoms with E-state index in [1.807, 2.05) is 6.92 Å². The van der Waals surface area contributed by atoms with E-state index in [-0.39, 0.29) is 6.04 Å². The largest absolute Gasteiger partial charge is 0.324 e. The van der Waals surface area contributed by atoms with Crippen LogP contribution in [0.15, 0.2) is 12.2 Å². The quantitative estimate of drug-likeness (QED) is 0.775. The van der Waals surface area contributed by atoms with Gasteiger partial charge in [0.2, 0.25) is 0 Å². The highest BCUT2D eigenvalue weighted by atomic mass is 14.6. The average molecular weight is 231 g/mol. The van der Waals surface area contributed by atoms with Gasteiger partial charge < -0.3 is 5.73 Å². The van der Waals surface area contributed by atoms with Gasteiger partial charge in [-0.05, 0) is 81.3 Å². The number of rotatable bonds is 3. The third kappa shape index (κ3) is 2.61. The first-order valence-electron chi connectivity index (χ1n) is 6.24. The van der Waals surface area contributed by atoms with E-state index in [0.29, 0.717) is 0 Å². The molecule has 0 heterocycles. The Kier molecular flexibility index (Phi) is 4.16. The molecule has 1 nitrogen and oxygen atoms in total. The highest BCUT2D eigenvalue weighted by Crippen LogP contribution is 2.31. The molecule has 0 amide bonds. The van der Waals surface area contributed by atoms with Gasteiger partial charge in [0.05, 0.1) is 0 Å². The zero-order valence-electron chi connectivity index (χ0n) is 12.1. The fourth-order valence-corrected chi connectivity index (χ4v) is 2.56. The van der Waals surface area contributed by atoms with Crippen LogP contribution in [0.4, 0.5) is 0 Å². The molecule has 0 aromatic heterocycles. The number of benzene rings is 1. The molecule has 1 aromatic carbocycles. The number of hydrogen-bond donors (Lipinski definition) is 1. The minimum absolute atomic E-state index is 0.0745. The fraction of sp³-hybridized carbons (Fsp3) is 0.500. The third-order valence-corrected chi connectivity index (χ3v) is 4.00. The zero-order valence-corrected chi connectivity index (χ0v) is 12.1. The maximum Gasteiger partial charge on any atom is 0.0337 e.